The predicted octanol–water partition coefficient (Wildman–Crippen LogP) is 7.00. The van der Waals surface area contributed by atoms with Gasteiger partial charge in [-0.2, -0.15) is 0 Å². The zero-order valence-electron chi connectivity index (χ0n) is 13.4. The topological polar surface area (TPSA) is 0 Å². The summed E-state index contributed by atoms with van der Waals surface area (Å²) < 4.78 is 0. The molecule has 0 aromatic heterocycles. The molecule has 0 rings (SSSR count). The van der Waals surface area contributed by atoms with Crippen molar-refractivity contribution in [3.05, 3.63) is 12.2 Å². The molecule has 0 heteroatoms. The van der Waals surface area contributed by atoms with E-state index in [1.165, 1.54) is 38.5 Å². The lowest BCUT2D eigenvalue weighted by Crippen LogP contribution is -1.59. The minimum atomic E-state index is 1.25. The highest BCUT2D eigenvalue weighted by molar-refractivity contribution is 4.68. The van der Waals surface area contributed by atoms with Crippen molar-refractivity contribution in [2.75, 3.05) is 0 Å². The lowest BCUT2D eigenvalue weighted by atomic mass is 10.3. The Balaban J connectivity index is -0.0000000610. The molecule has 0 aliphatic heterocycles. The van der Waals surface area contributed by atoms with Crippen LogP contribution < -0.4 is 0 Å². The van der Waals surface area contributed by atoms with Crippen LogP contribution in [-0.2, 0) is 0 Å². The van der Waals surface area contributed by atoms with E-state index in [4.69, 9.17) is 0 Å². The second-order valence-electron chi connectivity index (χ2n) is 3.73. The molecule has 0 fully saturated rings. The van der Waals surface area contributed by atoms with E-state index in [0.29, 0.717) is 0 Å². The molecule has 0 saturated heterocycles. The fourth-order valence-electron chi connectivity index (χ4n) is 0.354. The summed E-state index contributed by atoms with van der Waals surface area (Å²) in [5.74, 6) is 0. The third kappa shape index (κ3) is 159. The van der Waals surface area contributed by atoms with Gasteiger partial charge < -0.3 is 0 Å². The van der Waals surface area contributed by atoms with Crippen molar-refractivity contribution >= 4 is 0 Å². The maximum atomic E-state index is 2.21. The van der Waals surface area contributed by atoms with Gasteiger partial charge in [-0.3, -0.25) is 0 Å². The molecule has 0 aliphatic carbocycles. The Kier molecular flexibility index (Phi) is 72.0. The van der Waals surface area contributed by atoms with E-state index >= 15 is 0 Å². The van der Waals surface area contributed by atoms with Gasteiger partial charge in [0.2, 0.25) is 0 Å². The van der Waals surface area contributed by atoms with Gasteiger partial charge in [-0.15, -0.1) is 0 Å². The second kappa shape index (κ2) is 46.5. The number of rotatable bonds is 3. The molecule has 0 radical (unpaired) electrons. The van der Waals surface area contributed by atoms with Crippen molar-refractivity contribution in [1.82, 2.24) is 0 Å². The Bertz CT molecular complexity index is 64.1. The van der Waals surface area contributed by atoms with Crippen molar-refractivity contribution in [2.24, 2.45) is 0 Å². The molecular formula is C16H38. The van der Waals surface area contributed by atoms with E-state index in [1.807, 2.05) is 26.0 Å². The fraction of sp³-hybridized carbons (Fsp3) is 0.875. The normalized spacial score (nSPS) is 8.00. The van der Waals surface area contributed by atoms with Crippen LogP contribution in [0.5, 0.6) is 0 Å². The van der Waals surface area contributed by atoms with Crippen LogP contribution in [0.3, 0.4) is 0 Å². The zero-order valence-corrected chi connectivity index (χ0v) is 13.4. The molecule has 0 aromatic rings. The third-order valence-corrected chi connectivity index (χ3v) is 1.54. The summed E-state index contributed by atoms with van der Waals surface area (Å²) in [6, 6.07) is 0. The zero-order chi connectivity index (χ0) is 13.7. The van der Waals surface area contributed by atoms with Crippen molar-refractivity contribution < 1.29 is 0 Å². The summed E-state index contributed by atoms with van der Waals surface area (Å²) in [7, 11) is 0. The number of allylic oxidation sites excluding steroid dienone is 2. The van der Waals surface area contributed by atoms with Crippen LogP contribution in [0.15, 0.2) is 12.2 Å². The van der Waals surface area contributed by atoms with Crippen LogP contribution in [-0.4, -0.2) is 0 Å². The minimum Gasteiger partial charge on any atom is -0.0919 e. The molecule has 0 saturated carbocycles. The Labute approximate surface area is 107 Å². The minimum absolute atomic E-state index is 1.25. The Morgan fingerprint density at radius 1 is 0.562 bits per heavy atom. The summed E-state index contributed by atoms with van der Waals surface area (Å²) in [5, 5.41) is 0. The van der Waals surface area contributed by atoms with Crippen molar-refractivity contribution in [3.8, 4) is 0 Å². The van der Waals surface area contributed by atoms with Gasteiger partial charge in [0.15, 0.2) is 0 Å². The van der Waals surface area contributed by atoms with Gasteiger partial charge in [-0.1, -0.05) is 92.2 Å². The monoisotopic (exact) mass is 230 g/mol. The van der Waals surface area contributed by atoms with Gasteiger partial charge in [-0.25, -0.2) is 0 Å². The number of unbranched alkanes of at least 4 members (excludes halogenated alkanes) is 3. The quantitative estimate of drug-likeness (QED) is 0.458. The van der Waals surface area contributed by atoms with Crippen LogP contribution >= 0.6 is 0 Å². The standard InChI is InChI=1S/C5H12.C4H10.C4H8.C3H8/c1-3-5-4-2;2*1-3-4-2;1-3-2/h3-5H2,1-2H3;3-4H2,1-2H3;3-4H,1-2H3;3H2,1-2H3. The Morgan fingerprint density at radius 2 is 0.812 bits per heavy atom. The predicted molar refractivity (Wildman–Crippen MR) is 82.2 cm³/mol. The first kappa shape index (κ1) is 24.8. The molecule has 0 aliphatic rings. The van der Waals surface area contributed by atoms with Crippen molar-refractivity contribution in [1.29, 1.82) is 0 Å². The van der Waals surface area contributed by atoms with Crippen LogP contribution in [0.2, 0.25) is 0 Å². The molecule has 102 valence electrons. The summed E-state index contributed by atoms with van der Waals surface area (Å²) in [6.45, 7) is 17.0. The average Bonchev–Trinajstić information content (AvgIpc) is 2.32. The first-order valence-corrected chi connectivity index (χ1v) is 7.23. The van der Waals surface area contributed by atoms with Crippen LogP contribution in [0.1, 0.15) is 93.9 Å². The smallest absolute Gasteiger partial charge is 0.0470 e. The van der Waals surface area contributed by atoms with Crippen LogP contribution in [0.25, 0.3) is 0 Å². The van der Waals surface area contributed by atoms with Gasteiger partial charge in [-0.05, 0) is 13.8 Å². The van der Waals surface area contributed by atoms with E-state index in [0.717, 1.165) is 0 Å². The molecule has 0 N–H and O–H groups in total. The molecule has 0 bridgehead atoms. The SMILES string of the molecule is CC=CC.CCC.CCCC.CCCCC. The van der Waals surface area contributed by atoms with Gasteiger partial charge >= 0.3 is 0 Å². The van der Waals surface area contributed by atoms with E-state index < -0.39 is 0 Å². The lowest BCUT2D eigenvalue weighted by molar-refractivity contribution is 0.772. The highest BCUT2D eigenvalue weighted by Gasteiger charge is 1.68. The van der Waals surface area contributed by atoms with E-state index in [2.05, 4.69) is 41.5 Å². The molecule has 0 aromatic carbocycles. The largest absolute Gasteiger partial charge is 0.0919 e. The van der Waals surface area contributed by atoms with Gasteiger partial charge in [0.05, 0.1) is 0 Å². The maximum absolute atomic E-state index is 2.21. The highest BCUT2D eigenvalue weighted by Crippen LogP contribution is 1.88. The summed E-state index contributed by atoms with van der Waals surface area (Å²) >= 11 is 0. The van der Waals surface area contributed by atoms with Crippen LogP contribution in [0.4, 0.5) is 0 Å². The second-order valence-corrected chi connectivity index (χ2v) is 3.73. The highest BCUT2D eigenvalue weighted by atomic mass is 13.7. The van der Waals surface area contributed by atoms with Gasteiger partial charge in [0, 0.05) is 0 Å². The Hall–Kier alpha value is -0.260. The van der Waals surface area contributed by atoms with Crippen LogP contribution in [0, 0.1) is 0 Å². The molecule has 16 heavy (non-hydrogen) atoms. The molecule has 0 nitrogen and oxygen atoms in total. The van der Waals surface area contributed by atoms with E-state index in [9.17, 15) is 0 Å². The van der Waals surface area contributed by atoms with Gasteiger partial charge in [0.1, 0.15) is 0 Å². The molecule has 0 spiro atoms. The first-order chi connectivity index (χ1) is 7.66. The first-order valence-electron chi connectivity index (χ1n) is 7.23. The fourth-order valence-corrected chi connectivity index (χ4v) is 0.354. The van der Waals surface area contributed by atoms with Gasteiger partial charge in [0.25, 0.3) is 0 Å². The summed E-state index contributed by atoms with van der Waals surface area (Å²) in [4.78, 5) is 0. The van der Waals surface area contributed by atoms with E-state index in [-0.39, 0.29) is 0 Å². The number of hydrogen-bond acceptors (Lipinski definition) is 0. The summed E-state index contributed by atoms with van der Waals surface area (Å²) in [5.41, 5.74) is 0. The van der Waals surface area contributed by atoms with Crippen molar-refractivity contribution in [2.45, 2.75) is 93.9 Å². The lowest BCUT2D eigenvalue weighted by Gasteiger charge is -1.79. The maximum Gasteiger partial charge on any atom is -0.0470 e. The molecule has 0 heterocycles. The van der Waals surface area contributed by atoms with E-state index in [1.54, 1.807) is 0 Å². The third-order valence-electron chi connectivity index (χ3n) is 1.54. The molecule has 0 unspecified atom stereocenters. The molecule has 0 atom stereocenters. The summed E-state index contributed by atoms with van der Waals surface area (Å²) in [6.07, 6.45) is 12.0. The average molecular weight is 230 g/mol. The molecule has 0 amide bonds. The van der Waals surface area contributed by atoms with Crippen molar-refractivity contribution in [3.63, 3.8) is 0 Å². The Morgan fingerprint density at radius 3 is 0.812 bits per heavy atom. The number of hydrogen-bond donors (Lipinski definition) is 0. The molecular weight excluding hydrogens is 192 g/mol.